The zero-order valence-electron chi connectivity index (χ0n) is 14.2. The van der Waals surface area contributed by atoms with Gasteiger partial charge in [-0.05, 0) is 35.9 Å². The maximum absolute atomic E-state index is 13.7. The minimum atomic E-state index is -3.47. The van der Waals surface area contributed by atoms with Crippen molar-refractivity contribution in [2.75, 3.05) is 14.1 Å². The van der Waals surface area contributed by atoms with Crippen molar-refractivity contribution < 1.29 is 17.6 Å². The van der Waals surface area contributed by atoms with Gasteiger partial charge in [-0.25, -0.2) is 17.1 Å². The molecule has 8 heteroatoms. The highest BCUT2D eigenvalue weighted by Gasteiger charge is 2.17. The molecule has 1 amide bonds. The summed E-state index contributed by atoms with van der Waals surface area (Å²) in [5, 5.41) is 3.20. The van der Waals surface area contributed by atoms with Crippen molar-refractivity contribution in [3.8, 4) is 0 Å². The Morgan fingerprint density at radius 3 is 2.46 bits per heavy atom. The fourth-order valence-corrected chi connectivity index (χ4v) is 4.29. The average Bonchev–Trinajstić information content (AvgIpc) is 3.06. The van der Waals surface area contributed by atoms with Gasteiger partial charge in [0, 0.05) is 30.7 Å². The van der Waals surface area contributed by atoms with Crippen molar-refractivity contribution in [1.29, 1.82) is 0 Å². The molecule has 0 aliphatic carbocycles. The predicted molar refractivity (Wildman–Crippen MR) is 100 cm³/mol. The molecule has 0 aliphatic rings. The van der Waals surface area contributed by atoms with E-state index in [0.29, 0.717) is 15.0 Å². The van der Waals surface area contributed by atoms with Gasteiger partial charge in [0.05, 0.1) is 9.77 Å². The van der Waals surface area contributed by atoms with Gasteiger partial charge < -0.3 is 5.32 Å². The van der Waals surface area contributed by atoms with Crippen molar-refractivity contribution in [2.45, 2.75) is 11.4 Å². The van der Waals surface area contributed by atoms with E-state index in [0.717, 1.165) is 9.87 Å². The van der Waals surface area contributed by atoms with Gasteiger partial charge in [0.1, 0.15) is 5.82 Å². The molecular formula is C18H17FN2O3S2. The lowest BCUT2D eigenvalue weighted by Crippen LogP contribution is -2.23. The summed E-state index contributed by atoms with van der Waals surface area (Å²) in [5.41, 5.74) is 0.767. The summed E-state index contributed by atoms with van der Waals surface area (Å²) in [6.07, 6.45) is 0. The Morgan fingerprint density at radius 1 is 1.15 bits per heavy atom. The molecule has 0 saturated carbocycles. The van der Waals surface area contributed by atoms with Gasteiger partial charge in [0.2, 0.25) is 10.0 Å². The van der Waals surface area contributed by atoms with E-state index in [1.807, 2.05) is 0 Å². The zero-order valence-corrected chi connectivity index (χ0v) is 15.8. The van der Waals surface area contributed by atoms with Crippen LogP contribution < -0.4 is 5.32 Å². The van der Waals surface area contributed by atoms with Gasteiger partial charge in [0.25, 0.3) is 5.91 Å². The number of nitrogens with one attached hydrogen (secondary N) is 1. The molecule has 2 aromatic carbocycles. The van der Waals surface area contributed by atoms with Crippen molar-refractivity contribution in [3.05, 3.63) is 64.8 Å². The molecule has 3 aromatic rings. The summed E-state index contributed by atoms with van der Waals surface area (Å²) in [6, 6.07) is 12.6. The molecule has 3 rings (SSSR count). The first-order valence-electron chi connectivity index (χ1n) is 7.77. The van der Waals surface area contributed by atoms with E-state index >= 15 is 0 Å². The van der Waals surface area contributed by atoms with E-state index in [-0.39, 0.29) is 23.2 Å². The van der Waals surface area contributed by atoms with Crippen LogP contribution >= 0.6 is 11.3 Å². The van der Waals surface area contributed by atoms with Crippen LogP contribution in [0.4, 0.5) is 4.39 Å². The normalized spacial score (nSPS) is 11.8. The second-order valence-corrected chi connectivity index (χ2v) is 9.11. The van der Waals surface area contributed by atoms with Crippen LogP contribution in [0, 0.1) is 5.82 Å². The van der Waals surface area contributed by atoms with Crippen molar-refractivity contribution in [1.82, 2.24) is 9.62 Å². The Morgan fingerprint density at radius 2 is 1.85 bits per heavy atom. The number of thiophene rings is 1. The third kappa shape index (κ3) is 3.62. The molecule has 1 aromatic heterocycles. The Kier molecular flexibility index (Phi) is 5.08. The molecule has 0 spiro atoms. The molecular weight excluding hydrogens is 375 g/mol. The van der Waals surface area contributed by atoms with Crippen LogP contribution in [0.25, 0.3) is 10.1 Å². The van der Waals surface area contributed by atoms with E-state index < -0.39 is 10.0 Å². The van der Waals surface area contributed by atoms with E-state index in [4.69, 9.17) is 0 Å². The molecule has 0 saturated heterocycles. The number of fused-ring (bicyclic) bond motifs is 1. The second-order valence-electron chi connectivity index (χ2n) is 5.88. The average molecular weight is 392 g/mol. The van der Waals surface area contributed by atoms with Crippen molar-refractivity contribution in [3.63, 3.8) is 0 Å². The molecule has 0 radical (unpaired) electrons. The maximum atomic E-state index is 13.7. The van der Waals surface area contributed by atoms with Gasteiger partial charge in [0.15, 0.2) is 0 Å². The second kappa shape index (κ2) is 7.14. The number of hydrogen-bond donors (Lipinski definition) is 1. The fraction of sp³-hybridized carbons (Fsp3) is 0.167. The number of hydrogen-bond acceptors (Lipinski definition) is 4. The number of amides is 1. The van der Waals surface area contributed by atoms with E-state index in [2.05, 4.69) is 5.32 Å². The molecule has 0 fully saturated rings. The molecule has 0 bridgehead atoms. The highest BCUT2D eigenvalue weighted by atomic mass is 32.2. The van der Waals surface area contributed by atoms with Crippen LogP contribution in [0.3, 0.4) is 0 Å². The number of sulfonamides is 1. The number of nitrogens with zero attached hydrogens (tertiary/aromatic N) is 1. The number of benzene rings is 2. The van der Waals surface area contributed by atoms with E-state index in [1.165, 1.54) is 49.7 Å². The molecule has 1 N–H and O–H groups in total. The zero-order chi connectivity index (χ0) is 18.9. The lowest BCUT2D eigenvalue weighted by Gasteiger charge is -2.11. The number of rotatable bonds is 5. The van der Waals surface area contributed by atoms with E-state index in [9.17, 15) is 17.6 Å². The van der Waals surface area contributed by atoms with Gasteiger partial charge in [-0.15, -0.1) is 11.3 Å². The van der Waals surface area contributed by atoms with Gasteiger partial charge in [-0.1, -0.05) is 18.2 Å². The van der Waals surface area contributed by atoms with Crippen LogP contribution in [-0.2, 0) is 16.6 Å². The quantitative estimate of drug-likeness (QED) is 0.725. The SMILES string of the molecule is CN(C)S(=O)(=O)c1ccc(CNC(=O)c2cc3c(F)cccc3s2)cc1. The fourth-order valence-electron chi connectivity index (χ4n) is 2.40. The van der Waals surface area contributed by atoms with Crippen molar-refractivity contribution >= 4 is 37.4 Å². The molecule has 0 unspecified atom stereocenters. The lowest BCUT2D eigenvalue weighted by molar-refractivity contribution is 0.0955. The number of halogens is 1. The van der Waals surface area contributed by atoms with Crippen molar-refractivity contribution in [2.24, 2.45) is 0 Å². The lowest BCUT2D eigenvalue weighted by atomic mass is 10.2. The summed E-state index contributed by atoms with van der Waals surface area (Å²) >= 11 is 1.23. The largest absolute Gasteiger partial charge is 0.347 e. The summed E-state index contributed by atoms with van der Waals surface area (Å²) < 4.78 is 39.7. The highest BCUT2D eigenvalue weighted by molar-refractivity contribution is 7.89. The predicted octanol–water partition coefficient (Wildman–Crippen LogP) is 3.22. The maximum Gasteiger partial charge on any atom is 0.261 e. The van der Waals surface area contributed by atoms with Gasteiger partial charge >= 0.3 is 0 Å². The monoisotopic (exact) mass is 392 g/mol. The standard InChI is InChI=1S/C18H17FN2O3S2/c1-21(2)26(23,24)13-8-6-12(7-9-13)11-20-18(22)17-10-14-15(19)4-3-5-16(14)25-17/h3-10H,11H2,1-2H3,(H,20,22). The smallest absolute Gasteiger partial charge is 0.261 e. The third-order valence-corrected chi connectivity index (χ3v) is 6.82. The minimum absolute atomic E-state index is 0.192. The van der Waals surface area contributed by atoms with Crippen LogP contribution in [0.5, 0.6) is 0 Å². The minimum Gasteiger partial charge on any atom is -0.347 e. The molecule has 0 atom stereocenters. The molecule has 0 aliphatic heterocycles. The van der Waals surface area contributed by atoms with Crippen LogP contribution in [-0.4, -0.2) is 32.7 Å². The topological polar surface area (TPSA) is 66.5 Å². The van der Waals surface area contributed by atoms with Crippen LogP contribution in [0.15, 0.2) is 53.4 Å². The highest BCUT2D eigenvalue weighted by Crippen LogP contribution is 2.27. The first-order valence-corrected chi connectivity index (χ1v) is 10.0. The summed E-state index contributed by atoms with van der Waals surface area (Å²) in [5.74, 6) is -0.647. The third-order valence-electron chi connectivity index (χ3n) is 3.89. The Labute approximate surface area is 155 Å². The first kappa shape index (κ1) is 18.5. The Balaban J connectivity index is 1.70. The van der Waals surface area contributed by atoms with Gasteiger partial charge in [-0.2, -0.15) is 0 Å². The Hall–Kier alpha value is -2.29. The summed E-state index contributed by atoms with van der Waals surface area (Å²) in [7, 11) is -0.536. The van der Waals surface area contributed by atoms with E-state index in [1.54, 1.807) is 24.3 Å². The molecule has 136 valence electrons. The molecule has 5 nitrogen and oxygen atoms in total. The van der Waals surface area contributed by atoms with Crippen LogP contribution in [0.1, 0.15) is 15.2 Å². The molecule has 1 heterocycles. The number of carbonyl (C=O) groups excluding carboxylic acids is 1. The first-order chi connectivity index (χ1) is 12.3. The van der Waals surface area contributed by atoms with Crippen LogP contribution in [0.2, 0.25) is 0 Å². The molecule has 26 heavy (non-hydrogen) atoms. The Bertz CT molecular complexity index is 1060. The summed E-state index contributed by atoms with van der Waals surface area (Å²) in [4.78, 5) is 12.9. The number of carbonyl (C=O) groups is 1. The van der Waals surface area contributed by atoms with Gasteiger partial charge in [-0.3, -0.25) is 4.79 Å². The summed E-state index contributed by atoms with van der Waals surface area (Å²) in [6.45, 7) is 0.248.